The zero-order valence-electron chi connectivity index (χ0n) is 11.6. The molecule has 104 valence electrons. The lowest BCUT2D eigenvalue weighted by molar-refractivity contribution is 0.0891. The maximum Gasteiger partial charge on any atom is 0.251 e. The van der Waals surface area contributed by atoms with Gasteiger partial charge in [0.1, 0.15) is 5.82 Å². The number of carbonyl (C=O) groups excluding carboxylic acids is 1. The van der Waals surface area contributed by atoms with Crippen LogP contribution in [0.1, 0.15) is 30.1 Å². The summed E-state index contributed by atoms with van der Waals surface area (Å²) in [5.74, 6) is -0.445. The molecule has 1 aromatic rings. The summed E-state index contributed by atoms with van der Waals surface area (Å²) in [7, 11) is 2.12. The van der Waals surface area contributed by atoms with Gasteiger partial charge in [-0.15, -0.1) is 0 Å². The van der Waals surface area contributed by atoms with Crippen molar-refractivity contribution in [2.24, 2.45) is 5.41 Å². The minimum Gasteiger partial charge on any atom is -0.351 e. The minimum atomic E-state index is -0.321. The van der Waals surface area contributed by atoms with E-state index < -0.39 is 0 Å². The first-order valence-electron chi connectivity index (χ1n) is 6.71. The van der Waals surface area contributed by atoms with E-state index in [0.29, 0.717) is 12.1 Å². The Hall–Kier alpha value is -1.42. The van der Waals surface area contributed by atoms with Gasteiger partial charge in [0.2, 0.25) is 0 Å². The summed E-state index contributed by atoms with van der Waals surface area (Å²) in [5.41, 5.74) is 0.681. The highest BCUT2D eigenvalue weighted by Crippen LogP contribution is 2.29. The predicted octanol–water partition coefficient (Wildman–Crippen LogP) is 2.29. The molecule has 0 aliphatic carbocycles. The van der Waals surface area contributed by atoms with Gasteiger partial charge < -0.3 is 10.2 Å². The summed E-state index contributed by atoms with van der Waals surface area (Å²) in [6.45, 7) is 5.04. The van der Waals surface area contributed by atoms with Gasteiger partial charge in [-0.2, -0.15) is 0 Å². The molecule has 1 aliphatic heterocycles. The molecule has 0 unspecified atom stereocenters. The van der Waals surface area contributed by atoms with Crippen molar-refractivity contribution in [2.75, 3.05) is 26.7 Å². The Labute approximate surface area is 113 Å². The highest BCUT2D eigenvalue weighted by molar-refractivity contribution is 5.94. The van der Waals surface area contributed by atoms with Gasteiger partial charge in [0, 0.05) is 12.1 Å². The summed E-state index contributed by atoms with van der Waals surface area (Å²) >= 11 is 0. The fourth-order valence-corrected chi connectivity index (χ4v) is 2.33. The number of piperidine rings is 1. The first-order chi connectivity index (χ1) is 8.98. The molecule has 0 bridgehead atoms. The van der Waals surface area contributed by atoms with Crippen LogP contribution in [0.15, 0.2) is 24.3 Å². The number of amides is 1. The zero-order chi connectivity index (χ0) is 13.9. The topological polar surface area (TPSA) is 32.3 Å². The number of halogens is 1. The van der Waals surface area contributed by atoms with E-state index in [-0.39, 0.29) is 17.1 Å². The van der Waals surface area contributed by atoms with Gasteiger partial charge in [-0.05, 0) is 62.7 Å². The molecule has 1 amide bonds. The largest absolute Gasteiger partial charge is 0.351 e. The Morgan fingerprint density at radius 3 is 2.47 bits per heavy atom. The molecule has 0 radical (unpaired) electrons. The SMILES string of the molecule is CN1CCC(C)(CNC(=O)c2ccc(F)cc2)CC1. The average Bonchev–Trinajstić information content (AvgIpc) is 2.41. The summed E-state index contributed by atoms with van der Waals surface area (Å²) in [6, 6.07) is 5.65. The van der Waals surface area contributed by atoms with Gasteiger partial charge in [-0.3, -0.25) is 4.79 Å². The van der Waals surface area contributed by atoms with Crippen molar-refractivity contribution in [3.8, 4) is 0 Å². The molecule has 1 fully saturated rings. The number of benzene rings is 1. The van der Waals surface area contributed by atoms with Gasteiger partial charge in [-0.1, -0.05) is 6.92 Å². The van der Waals surface area contributed by atoms with Crippen LogP contribution in [-0.2, 0) is 0 Å². The maximum atomic E-state index is 12.8. The number of rotatable bonds is 3. The van der Waals surface area contributed by atoms with Gasteiger partial charge in [0.05, 0.1) is 0 Å². The maximum absolute atomic E-state index is 12.8. The molecule has 0 saturated carbocycles. The zero-order valence-corrected chi connectivity index (χ0v) is 11.6. The Balaban J connectivity index is 1.88. The Morgan fingerprint density at radius 2 is 1.89 bits per heavy atom. The second-order valence-corrected chi connectivity index (χ2v) is 5.80. The molecule has 1 heterocycles. The summed E-state index contributed by atoms with van der Waals surface area (Å²) in [5, 5.41) is 2.96. The van der Waals surface area contributed by atoms with Crippen LogP contribution >= 0.6 is 0 Å². The quantitative estimate of drug-likeness (QED) is 0.908. The van der Waals surface area contributed by atoms with Crippen molar-refractivity contribution >= 4 is 5.91 Å². The number of nitrogens with one attached hydrogen (secondary N) is 1. The molecule has 0 aromatic heterocycles. The fourth-order valence-electron chi connectivity index (χ4n) is 2.33. The number of hydrogen-bond donors (Lipinski definition) is 1. The molecule has 19 heavy (non-hydrogen) atoms. The number of nitrogens with zero attached hydrogens (tertiary/aromatic N) is 1. The molecule has 1 saturated heterocycles. The highest BCUT2D eigenvalue weighted by Gasteiger charge is 2.29. The van der Waals surface area contributed by atoms with Gasteiger partial charge >= 0.3 is 0 Å². The highest BCUT2D eigenvalue weighted by atomic mass is 19.1. The average molecular weight is 264 g/mol. The fraction of sp³-hybridized carbons (Fsp3) is 0.533. The third kappa shape index (κ3) is 3.77. The summed E-state index contributed by atoms with van der Waals surface area (Å²) in [6.07, 6.45) is 2.18. The van der Waals surface area contributed by atoms with E-state index in [0.717, 1.165) is 25.9 Å². The van der Waals surface area contributed by atoms with E-state index in [1.807, 2.05) is 0 Å². The van der Waals surface area contributed by atoms with Crippen LogP contribution in [-0.4, -0.2) is 37.5 Å². The van der Waals surface area contributed by atoms with E-state index >= 15 is 0 Å². The molecular formula is C15H21FN2O. The lowest BCUT2D eigenvalue weighted by atomic mass is 9.80. The van der Waals surface area contributed by atoms with E-state index in [9.17, 15) is 9.18 Å². The third-order valence-electron chi connectivity index (χ3n) is 3.98. The van der Waals surface area contributed by atoms with E-state index in [2.05, 4.69) is 24.2 Å². The molecule has 1 aliphatic rings. The van der Waals surface area contributed by atoms with Crippen molar-refractivity contribution in [2.45, 2.75) is 19.8 Å². The molecule has 0 spiro atoms. The van der Waals surface area contributed by atoms with Crippen LogP contribution in [0.2, 0.25) is 0 Å². The second kappa shape index (κ2) is 5.70. The smallest absolute Gasteiger partial charge is 0.251 e. The van der Waals surface area contributed by atoms with Crippen molar-refractivity contribution in [1.29, 1.82) is 0 Å². The van der Waals surface area contributed by atoms with E-state index in [4.69, 9.17) is 0 Å². The van der Waals surface area contributed by atoms with Crippen LogP contribution in [0.5, 0.6) is 0 Å². The molecule has 2 rings (SSSR count). The van der Waals surface area contributed by atoms with Crippen LogP contribution in [0, 0.1) is 11.2 Å². The standard InChI is InChI=1S/C15H21FN2O/c1-15(7-9-18(2)10-8-15)11-17-14(19)12-3-5-13(16)6-4-12/h3-6H,7-11H2,1-2H3,(H,17,19). The Morgan fingerprint density at radius 1 is 1.32 bits per heavy atom. The van der Waals surface area contributed by atoms with Gasteiger partial charge in [0.15, 0.2) is 0 Å². The summed E-state index contributed by atoms with van der Waals surface area (Å²) < 4.78 is 12.8. The lowest BCUT2D eigenvalue weighted by Gasteiger charge is -2.37. The Bertz CT molecular complexity index is 436. The molecular weight excluding hydrogens is 243 g/mol. The first kappa shape index (κ1) is 14.0. The van der Waals surface area contributed by atoms with Crippen molar-refractivity contribution in [3.05, 3.63) is 35.6 Å². The minimum absolute atomic E-state index is 0.125. The number of hydrogen-bond acceptors (Lipinski definition) is 2. The summed E-state index contributed by atoms with van der Waals surface area (Å²) in [4.78, 5) is 14.3. The predicted molar refractivity (Wildman–Crippen MR) is 73.6 cm³/mol. The van der Waals surface area contributed by atoms with Crippen LogP contribution in [0.4, 0.5) is 4.39 Å². The Kier molecular flexibility index (Phi) is 4.20. The monoisotopic (exact) mass is 264 g/mol. The second-order valence-electron chi connectivity index (χ2n) is 5.80. The van der Waals surface area contributed by atoms with Crippen molar-refractivity contribution in [3.63, 3.8) is 0 Å². The van der Waals surface area contributed by atoms with Crippen molar-refractivity contribution < 1.29 is 9.18 Å². The van der Waals surface area contributed by atoms with Gasteiger partial charge in [-0.25, -0.2) is 4.39 Å². The van der Waals surface area contributed by atoms with E-state index in [1.54, 1.807) is 0 Å². The van der Waals surface area contributed by atoms with Crippen molar-refractivity contribution in [1.82, 2.24) is 10.2 Å². The normalized spacial score (nSPS) is 19.1. The lowest BCUT2D eigenvalue weighted by Crippen LogP contribution is -2.43. The van der Waals surface area contributed by atoms with Crippen LogP contribution in [0.25, 0.3) is 0 Å². The number of likely N-dealkylation sites (tertiary alicyclic amines) is 1. The van der Waals surface area contributed by atoms with Crippen LogP contribution in [0.3, 0.4) is 0 Å². The molecule has 1 N–H and O–H groups in total. The molecule has 0 atom stereocenters. The number of carbonyl (C=O) groups is 1. The molecule has 4 heteroatoms. The molecule has 1 aromatic carbocycles. The first-order valence-corrected chi connectivity index (χ1v) is 6.71. The van der Waals surface area contributed by atoms with Gasteiger partial charge in [0.25, 0.3) is 5.91 Å². The molecule has 3 nitrogen and oxygen atoms in total. The third-order valence-corrected chi connectivity index (χ3v) is 3.98. The van der Waals surface area contributed by atoms with E-state index in [1.165, 1.54) is 24.3 Å². The van der Waals surface area contributed by atoms with Crippen LogP contribution < -0.4 is 5.32 Å².